The van der Waals surface area contributed by atoms with Crippen molar-refractivity contribution in [1.82, 2.24) is 0 Å². The minimum atomic E-state index is -1.30. The molecule has 2 rings (SSSR count). The highest BCUT2D eigenvalue weighted by Crippen LogP contribution is 2.32. The highest BCUT2D eigenvalue weighted by molar-refractivity contribution is 7.20. The van der Waals surface area contributed by atoms with Gasteiger partial charge < -0.3 is 15.5 Å². The van der Waals surface area contributed by atoms with Crippen LogP contribution in [0.4, 0.5) is 5.69 Å². The number of anilines is 1. The molecule has 8 heteroatoms. The average molecular weight is 332 g/mol. The fourth-order valence-corrected chi connectivity index (χ4v) is 2.94. The number of rotatable bonds is 3. The van der Waals surface area contributed by atoms with Crippen LogP contribution in [0.1, 0.15) is 20.7 Å². The van der Waals surface area contributed by atoms with Crippen LogP contribution in [-0.4, -0.2) is 22.1 Å². The average Bonchev–Trinajstić information content (AvgIpc) is 2.70. The summed E-state index contributed by atoms with van der Waals surface area (Å²) >= 11 is 12.7. The first kappa shape index (κ1) is 14.6. The van der Waals surface area contributed by atoms with Gasteiger partial charge in [-0.05, 0) is 24.3 Å². The molecular formula is C12H7Cl2NO4S. The lowest BCUT2D eigenvalue weighted by atomic mass is 10.1. The molecule has 0 atom stereocenters. The largest absolute Gasteiger partial charge is 0.507 e. The number of phenols is 1. The molecule has 0 radical (unpaired) electrons. The van der Waals surface area contributed by atoms with E-state index >= 15 is 0 Å². The minimum Gasteiger partial charge on any atom is -0.507 e. The highest BCUT2D eigenvalue weighted by atomic mass is 35.5. The maximum Gasteiger partial charge on any atom is 0.339 e. The summed E-state index contributed by atoms with van der Waals surface area (Å²) in [5.74, 6) is -2.19. The summed E-state index contributed by atoms with van der Waals surface area (Å²) in [7, 11) is 0. The second-order valence-electron chi connectivity index (χ2n) is 3.73. The summed E-state index contributed by atoms with van der Waals surface area (Å²) in [6.07, 6.45) is 0. The van der Waals surface area contributed by atoms with Gasteiger partial charge in [-0.3, -0.25) is 4.79 Å². The van der Waals surface area contributed by atoms with E-state index in [1.807, 2.05) is 0 Å². The van der Waals surface area contributed by atoms with E-state index in [2.05, 4.69) is 5.32 Å². The number of halogens is 2. The molecule has 1 aromatic carbocycles. The fraction of sp³-hybridized carbons (Fsp3) is 0. The molecule has 0 aliphatic carbocycles. The zero-order valence-electron chi connectivity index (χ0n) is 9.68. The van der Waals surface area contributed by atoms with Crippen molar-refractivity contribution >= 4 is 52.1 Å². The monoisotopic (exact) mass is 331 g/mol. The van der Waals surface area contributed by atoms with Crippen molar-refractivity contribution < 1.29 is 19.8 Å². The Hall–Kier alpha value is -1.76. The first-order valence-corrected chi connectivity index (χ1v) is 6.78. The molecular weight excluding hydrogens is 325 g/mol. The van der Waals surface area contributed by atoms with Crippen LogP contribution in [0, 0.1) is 0 Å². The number of aromatic hydroxyl groups is 1. The van der Waals surface area contributed by atoms with Crippen LogP contribution in [-0.2, 0) is 0 Å². The Kier molecular flexibility index (Phi) is 4.17. The van der Waals surface area contributed by atoms with Gasteiger partial charge in [0.25, 0.3) is 5.91 Å². The predicted molar refractivity (Wildman–Crippen MR) is 77.4 cm³/mol. The molecule has 0 fully saturated rings. The van der Waals surface area contributed by atoms with E-state index < -0.39 is 11.9 Å². The van der Waals surface area contributed by atoms with E-state index in [0.29, 0.717) is 4.34 Å². The van der Waals surface area contributed by atoms with E-state index in [1.54, 1.807) is 0 Å². The van der Waals surface area contributed by atoms with Gasteiger partial charge >= 0.3 is 5.97 Å². The molecule has 0 spiro atoms. The Morgan fingerprint density at radius 3 is 2.40 bits per heavy atom. The number of thiophene rings is 1. The van der Waals surface area contributed by atoms with Crippen molar-refractivity contribution in [2.75, 3.05) is 5.32 Å². The third-order valence-corrected chi connectivity index (χ3v) is 3.87. The quantitative estimate of drug-likeness (QED) is 0.748. The molecule has 5 nitrogen and oxygen atoms in total. The summed E-state index contributed by atoms with van der Waals surface area (Å²) in [6.45, 7) is 0. The van der Waals surface area contributed by atoms with Gasteiger partial charge in [0, 0.05) is 5.69 Å². The number of nitrogens with one attached hydrogen (secondary N) is 1. The van der Waals surface area contributed by atoms with Gasteiger partial charge in [0.15, 0.2) is 0 Å². The van der Waals surface area contributed by atoms with Gasteiger partial charge in [0.05, 0.1) is 9.90 Å². The molecule has 3 N–H and O–H groups in total. The predicted octanol–water partition coefficient (Wildman–Crippen LogP) is 3.71. The van der Waals surface area contributed by atoms with Crippen LogP contribution in [0.25, 0.3) is 0 Å². The number of carbonyl (C=O) groups excluding carboxylic acids is 1. The first-order valence-electron chi connectivity index (χ1n) is 5.21. The van der Waals surface area contributed by atoms with Gasteiger partial charge in [-0.15, -0.1) is 11.3 Å². The van der Waals surface area contributed by atoms with Crippen LogP contribution in [0.5, 0.6) is 5.75 Å². The number of amides is 1. The molecule has 0 bridgehead atoms. The van der Waals surface area contributed by atoms with E-state index in [1.165, 1.54) is 18.2 Å². The second-order valence-corrected chi connectivity index (χ2v) is 6.01. The Morgan fingerprint density at radius 2 is 1.85 bits per heavy atom. The molecule has 0 unspecified atom stereocenters. The maximum absolute atomic E-state index is 12.0. The fourth-order valence-electron chi connectivity index (χ4n) is 1.48. The van der Waals surface area contributed by atoms with Crippen molar-refractivity contribution in [2.45, 2.75) is 0 Å². The van der Waals surface area contributed by atoms with Gasteiger partial charge in [-0.2, -0.15) is 0 Å². The summed E-state index contributed by atoms with van der Waals surface area (Å²) in [4.78, 5) is 22.8. The van der Waals surface area contributed by atoms with Crippen molar-refractivity contribution in [3.8, 4) is 5.75 Å². The molecule has 0 saturated carbocycles. The van der Waals surface area contributed by atoms with Crippen molar-refractivity contribution in [3.63, 3.8) is 0 Å². The number of hydrogen-bond donors (Lipinski definition) is 3. The third-order valence-electron chi connectivity index (χ3n) is 2.39. The van der Waals surface area contributed by atoms with Crippen LogP contribution < -0.4 is 5.32 Å². The van der Waals surface area contributed by atoms with Crippen molar-refractivity contribution in [2.24, 2.45) is 0 Å². The van der Waals surface area contributed by atoms with Gasteiger partial charge in [-0.25, -0.2) is 4.79 Å². The van der Waals surface area contributed by atoms with Crippen LogP contribution in [0.3, 0.4) is 0 Å². The third kappa shape index (κ3) is 3.04. The zero-order valence-corrected chi connectivity index (χ0v) is 12.0. The molecule has 2 aromatic rings. The molecule has 1 amide bonds. The molecule has 1 aromatic heterocycles. The Balaban J connectivity index is 2.26. The number of carboxylic acid groups (broad SMARTS) is 1. The van der Waals surface area contributed by atoms with Gasteiger partial charge in [0.2, 0.25) is 0 Å². The Labute approximate surface area is 127 Å². The van der Waals surface area contributed by atoms with E-state index in [9.17, 15) is 14.7 Å². The van der Waals surface area contributed by atoms with Crippen LogP contribution in [0.2, 0.25) is 8.67 Å². The van der Waals surface area contributed by atoms with Crippen LogP contribution >= 0.6 is 34.5 Å². The summed E-state index contributed by atoms with van der Waals surface area (Å²) in [5.41, 5.74) is 0.118. The molecule has 0 aliphatic heterocycles. The van der Waals surface area contributed by atoms with E-state index in [0.717, 1.165) is 17.4 Å². The maximum atomic E-state index is 12.0. The molecule has 0 saturated heterocycles. The van der Waals surface area contributed by atoms with Gasteiger partial charge in [0.1, 0.15) is 15.6 Å². The SMILES string of the molecule is O=C(O)c1cc(NC(=O)c2cc(Cl)sc2Cl)ccc1O. The number of hydrogen-bond acceptors (Lipinski definition) is 4. The standard InChI is InChI=1S/C12H7Cl2NO4S/c13-9-4-7(10(14)20-9)11(17)15-5-1-2-8(16)6(3-5)12(18)19/h1-4,16H,(H,15,17)(H,18,19). The van der Waals surface area contributed by atoms with Gasteiger partial charge in [-0.1, -0.05) is 23.2 Å². The molecule has 104 valence electrons. The second kappa shape index (κ2) is 5.70. The first-order chi connectivity index (χ1) is 9.38. The van der Waals surface area contributed by atoms with E-state index in [4.69, 9.17) is 28.3 Å². The zero-order chi connectivity index (χ0) is 14.9. The summed E-state index contributed by atoms with van der Waals surface area (Å²) in [5, 5.41) is 20.7. The minimum absolute atomic E-state index is 0.201. The molecule has 20 heavy (non-hydrogen) atoms. The van der Waals surface area contributed by atoms with Crippen LogP contribution in [0.15, 0.2) is 24.3 Å². The topological polar surface area (TPSA) is 86.6 Å². The summed E-state index contributed by atoms with van der Waals surface area (Å²) in [6, 6.07) is 5.13. The Bertz CT molecular complexity index is 699. The lowest BCUT2D eigenvalue weighted by Gasteiger charge is -2.06. The van der Waals surface area contributed by atoms with E-state index in [-0.39, 0.29) is 26.9 Å². The van der Waals surface area contributed by atoms with Crippen molar-refractivity contribution in [1.29, 1.82) is 0 Å². The normalized spacial score (nSPS) is 10.3. The highest BCUT2D eigenvalue weighted by Gasteiger charge is 2.16. The smallest absolute Gasteiger partial charge is 0.339 e. The Morgan fingerprint density at radius 1 is 1.15 bits per heavy atom. The van der Waals surface area contributed by atoms with Crippen molar-refractivity contribution in [3.05, 3.63) is 44.1 Å². The number of aromatic carboxylic acids is 1. The number of carbonyl (C=O) groups is 2. The number of carboxylic acids is 1. The number of benzene rings is 1. The summed E-state index contributed by atoms with van der Waals surface area (Å²) < 4.78 is 0.613. The molecule has 0 aliphatic rings. The molecule has 1 heterocycles. The lowest BCUT2D eigenvalue weighted by molar-refractivity contribution is 0.0693. The lowest BCUT2D eigenvalue weighted by Crippen LogP contribution is -2.12.